The summed E-state index contributed by atoms with van der Waals surface area (Å²) in [6.07, 6.45) is 19.4. The summed E-state index contributed by atoms with van der Waals surface area (Å²) >= 11 is -1.89. The summed E-state index contributed by atoms with van der Waals surface area (Å²) in [7, 11) is 0. The molecule has 0 N–H and O–H groups in total. The fourth-order valence-electron chi connectivity index (χ4n) is 6.15. The van der Waals surface area contributed by atoms with Crippen molar-refractivity contribution in [3.05, 3.63) is 41.0 Å². The van der Waals surface area contributed by atoms with Crippen LogP contribution in [0.3, 0.4) is 0 Å². The van der Waals surface area contributed by atoms with E-state index in [1.54, 1.807) is 14.4 Å². The number of halogens is 2. The van der Waals surface area contributed by atoms with Crippen molar-refractivity contribution in [1.82, 2.24) is 0 Å². The van der Waals surface area contributed by atoms with Gasteiger partial charge in [-0.25, -0.2) is 0 Å². The Morgan fingerprint density at radius 1 is 0.750 bits per heavy atom. The molecule has 0 amide bonds. The first-order valence-corrected chi connectivity index (χ1v) is 14.9. The fraction of sp³-hybridized carbons (Fsp3) is 0.640. The van der Waals surface area contributed by atoms with Crippen LogP contribution in [-0.4, -0.2) is 3.21 Å². The quantitative estimate of drug-likeness (QED) is 0.550. The molecule has 0 aromatic carbocycles. The molecule has 0 saturated heterocycles. The fourth-order valence-corrected chi connectivity index (χ4v) is 14.9. The van der Waals surface area contributed by atoms with Gasteiger partial charge in [0.15, 0.2) is 0 Å². The predicted molar refractivity (Wildman–Crippen MR) is 111 cm³/mol. The molecule has 0 spiro atoms. The molecule has 0 heterocycles. The van der Waals surface area contributed by atoms with Gasteiger partial charge in [-0.15, -0.1) is 0 Å². The predicted octanol–water partition coefficient (Wildman–Crippen LogP) is 1.41. The molecule has 0 nitrogen and oxygen atoms in total. The molecule has 0 aromatic heterocycles. The molecule has 0 aliphatic heterocycles. The Kier molecular flexibility index (Phi) is 9.25. The first-order valence-electron chi connectivity index (χ1n) is 11.2. The van der Waals surface area contributed by atoms with Crippen LogP contribution in [0.1, 0.15) is 91.9 Å². The van der Waals surface area contributed by atoms with E-state index < -0.39 is 21.3 Å². The summed E-state index contributed by atoms with van der Waals surface area (Å²) in [5, 5.41) is 0. The van der Waals surface area contributed by atoms with Gasteiger partial charge in [-0.2, -0.15) is 0 Å². The average Bonchev–Trinajstić information content (AvgIpc) is 3.19. The molecule has 0 saturated carbocycles. The van der Waals surface area contributed by atoms with Gasteiger partial charge in [0.25, 0.3) is 0 Å². The van der Waals surface area contributed by atoms with Crippen LogP contribution in [0, 0.1) is 11.8 Å². The first kappa shape index (κ1) is 24.6. The zero-order chi connectivity index (χ0) is 18.3. The minimum atomic E-state index is -1.89. The maximum Gasteiger partial charge on any atom is -1.00 e. The van der Waals surface area contributed by atoms with Crippen LogP contribution in [0.25, 0.3) is 0 Å². The summed E-state index contributed by atoms with van der Waals surface area (Å²) in [5.41, 5.74) is 7.25. The Morgan fingerprint density at radius 3 is 1.50 bits per heavy atom. The van der Waals surface area contributed by atoms with Gasteiger partial charge in [0.2, 0.25) is 0 Å². The third-order valence-electron chi connectivity index (χ3n) is 7.25. The molecule has 0 radical (unpaired) electrons. The summed E-state index contributed by atoms with van der Waals surface area (Å²) in [4.78, 5) is 0. The van der Waals surface area contributed by atoms with Crippen molar-refractivity contribution in [1.29, 1.82) is 0 Å². The Labute approximate surface area is 193 Å². The maximum atomic E-state index is 2.75. The van der Waals surface area contributed by atoms with E-state index in [9.17, 15) is 0 Å². The van der Waals surface area contributed by atoms with Gasteiger partial charge in [-0.1, -0.05) is 0 Å². The Balaban J connectivity index is 0.00000140. The number of hydrogen-bond donors (Lipinski definition) is 0. The maximum absolute atomic E-state index is 2.75. The third-order valence-corrected chi connectivity index (χ3v) is 15.0. The molecule has 154 valence electrons. The topological polar surface area (TPSA) is 0 Å². The van der Waals surface area contributed by atoms with Gasteiger partial charge in [-0.3, -0.25) is 0 Å². The van der Waals surface area contributed by atoms with Crippen molar-refractivity contribution >= 4 is 3.21 Å². The van der Waals surface area contributed by atoms with Crippen molar-refractivity contribution in [2.45, 2.75) is 91.9 Å². The molecular formula is C25H36Cl2Zr. The number of rotatable bonds is 4. The van der Waals surface area contributed by atoms with Crippen LogP contribution < -0.4 is 24.8 Å². The second-order valence-corrected chi connectivity index (χ2v) is 16.2. The monoisotopic (exact) mass is 496 g/mol. The van der Waals surface area contributed by atoms with E-state index in [0.717, 1.165) is 11.8 Å². The largest absolute Gasteiger partial charge is 1.00 e. The molecule has 0 fully saturated rings. The number of hydrogen-bond acceptors (Lipinski definition) is 0. The van der Waals surface area contributed by atoms with Gasteiger partial charge in [-0.05, 0) is 0 Å². The van der Waals surface area contributed by atoms with E-state index in [1.807, 2.05) is 17.7 Å². The van der Waals surface area contributed by atoms with E-state index in [-0.39, 0.29) is 24.8 Å². The molecule has 0 aromatic rings. The van der Waals surface area contributed by atoms with E-state index >= 15 is 0 Å². The minimum Gasteiger partial charge on any atom is -1.00 e. The first-order chi connectivity index (χ1) is 12.7. The normalized spacial score (nSPS) is 25.7. The molecule has 28 heavy (non-hydrogen) atoms. The van der Waals surface area contributed by atoms with E-state index in [1.165, 1.54) is 64.2 Å². The van der Waals surface area contributed by atoms with Gasteiger partial charge >= 0.3 is 169 Å². The van der Waals surface area contributed by atoms with E-state index in [0.29, 0.717) is 0 Å². The Morgan fingerprint density at radius 2 is 1.14 bits per heavy atom. The zero-order valence-corrected chi connectivity index (χ0v) is 22.1. The van der Waals surface area contributed by atoms with Gasteiger partial charge in [0.05, 0.1) is 0 Å². The van der Waals surface area contributed by atoms with Gasteiger partial charge in [0, 0.05) is 0 Å². The average molecular weight is 499 g/mol. The zero-order valence-electron chi connectivity index (χ0n) is 18.1. The summed E-state index contributed by atoms with van der Waals surface area (Å²) in [6.45, 7) is 9.84. The van der Waals surface area contributed by atoms with Crippen LogP contribution in [0.4, 0.5) is 0 Å². The molecule has 4 aliphatic carbocycles. The third kappa shape index (κ3) is 4.33. The SMILES string of the molecule is CCC1[C]([Zr+2]([C]2=CC3=C(CCCC3)C2CC)=[C](C)C)=CC2=C1CCCC2.[Cl-].[Cl-]. The van der Waals surface area contributed by atoms with E-state index in [4.69, 9.17) is 0 Å². The van der Waals surface area contributed by atoms with Crippen molar-refractivity contribution < 1.29 is 46.1 Å². The minimum absolute atomic E-state index is 0. The second kappa shape index (κ2) is 10.5. The van der Waals surface area contributed by atoms with Crippen LogP contribution in [0.2, 0.25) is 0 Å². The van der Waals surface area contributed by atoms with Crippen LogP contribution in [0.15, 0.2) is 41.0 Å². The van der Waals surface area contributed by atoms with Crippen LogP contribution >= 0.6 is 0 Å². The van der Waals surface area contributed by atoms with Crippen molar-refractivity contribution in [3.63, 3.8) is 0 Å². The van der Waals surface area contributed by atoms with Gasteiger partial charge < -0.3 is 24.8 Å². The molecule has 2 atom stereocenters. The summed E-state index contributed by atoms with van der Waals surface area (Å²) in [6, 6.07) is 0. The van der Waals surface area contributed by atoms with Crippen LogP contribution in [0.5, 0.6) is 0 Å². The molecule has 2 unspecified atom stereocenters. The number of allylic oxidation sites excluding steroid dienone is 8. The smallest absolute Gasteiger partial charge is 1.00 e. The standard InChI is InChI=1S/2C11H15.C3H6.2ClH.Zr/c2*1-2-9-7-8-10-5-3-4-6-11(9)10;1-3-2;;;/h2*8-9H,2-6H2,1H3;1-2H3;2*1H;/q;;;;;+2/p-2. The Bertz CT molecular complexity index is 701. The van der Waals surface area contributed by atoms with Crippen LogP contribution in [-0.2, 0) is 21.3 Å². The molecular weight excluding hydrogens is 462 g/mol. The second-order valence-electron chi connectivity index (χ2n) is 9.01. The molecule has 4 rings (SSSR count). The molecule has 4 aliphatic rings. The van der Waals surface area contributed by atoms with Crippen molar-refractivity contribution in [2.75, 3.05) is 0 Å². The van der Waals surface area contributed by atoms with E-state index in [2.05, 4.69) is 39.8 Å². The van der Waals surface area contributed by atoms with Gasteiger partial charge in [0.1, 0.15) is 0 Å². The van der Waals surface area contributed by atoms with Crippen molar-refractivity contribution in [3.8, 4) is 0 Å². The van der Waals surface area contributed by atoms with Crippen molar-refractivity contribution in [2.24, 2.45) is 11.8 Å². The molecule has 3 heteroatoms. The summed E-state index contributed by atoms with van der Waals surface area (Å²) < 4.78 is 5.71. The summed E-state index contributed by atoms with van der Waals surface area (Å²) in [5.74, 6) is 1.62. The molecule has 0 bridgehead atoms. The Hall–Kier alpha value is 0.293.